The van der Waals surface area contributed by atoms with Crippen LogP contribution in [0.25, 0.3) is 16.8 Å². The van der Waals surface area contributed by atoms with Crippen molar-refractivity contribution in [3.63, 3.8) is 0 Å². The van der Waals surface area contributed by atoms with Gasteiger partial charge >= 0.3 is 12.2 Å². The van der Waals surface area contributed by atoms with Crippen LogP contribution in [0.3, 0.4) is 0 Å². The standard InChI is InChI=1S/C26H27N5O4/c1-3-12-34-26(33)30-11-10-21-24(30)28-14-23-27-13-22(31(21)23)20-16-29(15-19(20)4-2)25(32)35-17-18-8-6-5-7-9-18/h3,5-11,13-14,19-20H,1,4,12,15-17H2,2H3/t19-,20+/m1/s1. The summed E-state index contributed by atoms with van der Waals surface area (Å²) in [7, 11) is 0. The molecular weight excluding hydrogens is 446 g/mol. The summed E-state index contributed by atoms with van der Waals surface area (Å²) in [5.74, 6) is 0.322. The molecule has 1 saturated heterocycles. The lowest BCUT2D eigenvalue weighted by Crippen LogP contribution is -2.29. The van der Waals surface area contributed by atoms with Crippen LogP contribution in [0.4, 0.5) is 9.59 Å². The van der Waals surface area contributed by atoms with Gasteiger partial charge in [-0.25, -0.2) is 24.1 Å². The van der Waals surface area contributed by atoms with Gasteiger partial charge in [0.05, 0.1) is 11.7 Å². The van der Waals surface area contributed by atoms with Crippen LogP contribution in [0.15, 0.2) is 67.6 Å². The molecule has 1 aliphatic heterocycles. The van der Waals surface area contributed by atoms with Gasteiger partial charge in [0.1, 0.15) is 13.2 Å². The molecule has 5 rings (SSSR count). The van der Waals surface area contributed by atoms with Gasteiger partial charge in [0, 0.05) is 37.1 Å². The molecule has 0 spiro atoms. The van der Waals surface area contributed by atoms with Crippen molar-refractivity contribution in [2.75, 3.05) is 19.7 Å². The van der Waals surface area contributed by atoms with E-state index in [0.29, 0.717) is 24.4 Å². The number of nitrogens with zero attached hydrogens (tertiary/aromatic N) is 5. The molecule has 0 aliphatic carbocycles. The number of amides is 1. The smallest absolute Gasteiger partial charge is 0.420 e. The summed E-state index contributed by atoms with van der Waals surface area (Å²) in [6, 6.07) is 11.5. The van der Waals surface area contributed by atoms with Crippen molar-refractivity contribution in [1.82, 2.24) is 23.8 Å². The molecule has 0 N–H and O–H groups in total. The molecule has 0 saturated carbocycles. The summed E-state index contributed by atoms with van der Waals surface area (Å²) >= 11 is 0. The highest BCUT2D eigenvalue weighted by molar-refractivity contribution is 5.86. The number of aromatic nitrogens is 4. The lowest BCUT2D eigenvalue weighted by atomic mass is 9.91. The lowest BCUT2D eigenvalue weighted by molar-refractivity contribution is 0.103. The SMILES string of the molecule is C=CCOC(=O)n1ccc2c1ncc1ncc([C@H]3CN(C(=O)OCc4ccccc4)C[C@H]3CC)n12. The Morgan fingerprint density at radius 1 is 1.09 bits per heavy atom. The number of hydrogen-bond donors (Lipinski definition) is 0. The highest BCUT2D eigenvalue weighted by Gasteiger charge is 2.37. The molecule has 0 unspecified atom stereocenters. The van der Waals surface area contributed by atoms with Crippen LogP contribution in [0.1, 0.15) is 30.5 Å². The number of imidazole rings is 1. The summed E-state index contributed by atoms with van der Waals surface area (Å²) in [5.41, 5.74) is 3.86. The number of benzene rings is 1. The van der Waals surface area contributed by atoms with E-state index < -0.39 is 6.09 Å². The summed E-state index contributed by atoms with van der Waals surface area (Å²) in [4.78, 5) is 36.1. The Balaban J connectivity index is 1.41. The van der Waals surface area contributed by atoms with Crippen LogP contribution in [-0.2, 0) is 16.1 Å². The number of carbonyl (C=O) groups is 2. The lowest BCUT2D eigenvalue weighted by Gasteiger charge is -2.17. The summed E-state index contributed by atoms with van der Waals surface area (Å²) in [6.07, 6.45) is 6.72. The second-order valence-electron chi connectivity index (χ2n) is 8.62. The van der Waals surface area contributed by atoms with Gasteiger partial charge < -0.3 is 14.4 Å². The van der Waals surface area contributed by atoms with Crippen LogP contribution >= 0.6 is 0 Å². The van der Waals surface area contributed by atoms with Crippen molar-refractivity contribution in [2.45, 2.75) is 25.9 Å². The fourth-order valence-corrected chi connectivity index (χ4v) is 4.76. The molecule has 9 nitrogen and oxygen atoms in total. The number of rotatable bonds is 6. The third-order valence-electron chi connectivity index (χ3n) is 6.53. The first kappa shape index (κ1) is 22.6. The van der Waals surface area contributed by atoms with Gasteiger partial charge in [0.25, 0.3) is 0 Å². The molecule has 0 bridgehead atoms. The number of fused-ring (bicyclic) bond motifs is 3. The average Bonchev–Trinajstić information content (AvgIpc) is 3.62. The molecule has 2 atom stereocenters. The van der Waals surface area contributed by atoms with Gasteiger partial charge in [0.2, 0.25) is 0 Å². The summed E-state index contributed by atoms with van der Waals surface area (Å²) in [6.45, 7) is 7.22. The summed E-state index contributed by atoms with van der Waals surface area (Å²) < 4.78 is 14.2. The van der Waals surface area contributed by atoms with E-state index in [-0.39, 0.29) is 31.1 Å². The topological polar surface area (TPSA) is 91.0 Å². The first-order chi connectivity index (χ1) is 17.1. The van der Waals surface area contributed by atoms with Crippen molar-refractivity contribution in [3.8, 4) is 0 Å². The van der Waals surface area contributed by atoms with Gasteiger partial charge in [-0.3, -0.25) is 4.40 Å². The quantitative estimate of drug-likeness (QED) is 0.380. The minimum atomic E-state index is -0.520. The van der Waals surface area contributed by atoms with Crippen LogP contribution < -0.4 is 0 Å². The fourth-order valence-electron chi connectivity index (χ4n) is 4.76. The predicted octanol–water partition coefficient (Wildman–Crippen LogP) is 4.62. The zero-order chi connectivity index (χ0) is 24.4. The molecule has 4 heterocycles. The van der Waals surface area contributed by atoms with Gasteiger partial charge in [-0.15, -0.1) is 0 Å². The molecule has 1 fully saturated rings. The Morgan fingerprint density at radius 3 is 2.69 bits per heavy atom. The van der Waals surface area contributed by atoms with E-state index in [0.717, 1.165) is 23.2 Å². The second kappa shape index (κ2) is 9.61. The van der Waals surface area contributed by atoms with Crippen molar-refractivity contribution in [3.05, 3.63) is 78.9 Å². The molecule has 9 heteroatoms. The Bertz CT molecular complexity index is 1380. The Morgan fingerprint density at radius 2 is 1.91 bits per heavy atom. The minimum Gasteiger partial charge on any atom is -0.445 e. The number of ether oxygens (including phenoxy) is 2. The van der Waals surface area contributed by atoms with Crippen LogP contribution in [0.2, 0.25) is 0 Å². The Hall–Kier alpha value is -4.14. The second-order valence-corrected chi connectivity index (χ2v) is 8.62. The van der Waals surface area contributed by atoms with E-state index in [9.17, 15) is 9.59 Å². The molecule has 180 valence electrons. The molecule has 0 radical (unpaired) electrons. The fraction of sp³-hybridized carbons (Fsp3) is 0.308. The van der Waals surface area contributed by atoms with Crippen LogP contribution in [-0.4, -0.2) is 55.7 Å². The highest BCUT2D eigenvalue weighted by atomic mass is 16.6. The maximum Gasteiger partial charge on any atom is 0.420 e. The molecule has 4 aromatic rings. The van der Waals surface area contributed by atoms with Crippen LogP contribution in [0.5, 0.6) is 0 Å². The normalized spacial score (nSPS) is 17.7. The van der Waals surface area contributed by atoms with Crippen molar-refractivity contribution in [1.29, 1.82) is 0 Å². The van der Waals surface area contributed by atoms with Crippen LogP contribution in [0, 0.1) is 5.92 Å². The van der Waals surface area contributed by atoms with E-state index in [1.54, 1.807) is 17.3 Å². The molecule has 1 amide bonds. The number of carbonyl (C=O) groups excluding carboxylic acids is 2. The van der Waals surface area contributed by atoms with E-state index in [2.05, 4.69) is 23.5 Å². The molecule has 1 aliphatic rings. The molecule has 35 heavy (non-hydrogen) atoms. The van der Waals surface area contributed by atoms with E-state index in [4.69, 9.17) is 9.47 Å². The Labute approximate surface area is 202 Å². The zero-order valence-corrected chi connectivity index (χ0v) is 19.5. The number of likely N-dealkylation sites (tertiary alicyclic amines) is 1. The van der Waals surface area contributed by atoms with Gasteiger partial charge in [-0.1, -0.05) is 56.3 Å². The third kappa shape index (κ3) is 4.25. The molecular formula is C26H27N5O4. The van der Waals surface area contributed by atoms with E-state index >= 15 is 0 Å². The maximum absolute atomic E-state index is 12.8. The highest BCUT2D eigenvalue weighted by Crippen LogP contribution is 2.36. The van der Waals surface area contributed by atoms with E-state index in [1.165, 1.54) is 10.6 Å². The van der Waals surface area contributed by atoms with E-state index in [1.807, 2.05) is 47.0 Å². The van der Waals surface area contributed by atoms with Crippen molar-refractivity contribution in [2.24, 2.45) is 5.92 Å². The van der Waals surface area contributed by atoms with Crippen molar-refractivity contribution < 1.29 is 19.1 Å². The molecule has 3 aromatic heterocycles. The first-order valence-electron chi connectivity index (χ1n) is 11.7. The van der Waals surface area contributed by atoms with Gasteiger partial charge in [-0.05, 0) is 17.5 Å². The van der Waals surface area contributed by atoms with Gasteiger partial charge in [0.15, 0.2) is 11.3 Å². The largest absolute Gasteiger partial charge is 0.445 e. The zero-order valence-electron chi connectivity index (χ0n) is 19.5. The minimum absolute atomic E-state index is 0.0703. The summed E-state index contributed by atoms with van der Waals surface area (Å²) in [5, 5.41) is 0. The maximum atomic E-state index is 12.8. The van der Waals surface area contributed by atoms with Gasteiger partial charge in [-0.2, -0.15) is 0 Å². The number of hydrogen-bond acceptors (Lipinski definition) is 6. The third-order valence-corrected chi connectivity index (χ3v) is 6.53. The molecule has 1 aromatic carbocycles. The Kier molecular flexibility index (Phi) is 6.22. The predicted molar refractivity (Wildman–Crippen MR) is 130 cm³/mol. The first-order valence-corrected chi connectivity index (χ1v) is 11.7. The van der Waals surface area contributed by atoms with Crippen molar-refractivity contribution >= 4 is 29.0 Å². The monoisotopic (exact) mass is 473 g/mol. The average molecular weight is 474 g/mol.